The minimum absolute atomic E-state index is 0.128. The van der Waals surface area contributed by atoms with Gasteiger partial charge in [0.1, 0.15) is 0 Å². The topological polar surface area (TPSA) is 79.2 Å². The lowest BCUT2D eigenvalue weighted by Crippen LogP contribution is -2.35. The predicted molar refractivity (Wildman–Crippen MR) is 72.4 cm³/mol. The summed E-state index contributed by atoms with van der Waals surface area (Å²) in [7, 11) is 0. The first-order chi connectivity index (χ1) is 9.65. The molecule has 0 spiro atoms. The third-order valence-corrected chi connectivity index (χ3v) is 3.43. The van der Waals surface area contributed by atoms with Gasteiger partial charge < -0.3 is 10.0 Å². The van der Waals surface area contributed by atoms with Gasteiger partial charge in [0.25, 0.3) is 0 Å². The van der Waals surface area contributed by atoms with E-state index in [4.69, 9.17) is 16.7 Å². The van der Waals surface area contributed by atoms with E-state index in [1.165, 1.54) is 4.90 Å². The molecule has 20 heavy (non-hydrogen) atoms. The van der Waals surface area contributed by atoms with E-state index in [2.05, 4.69) is 15.0 Å². The molecule has 2 aromatic heterocycles. The zero-order valence-electron chi connectivity index (χ0n) is 10.5. The van der Waals surface area contributed by atoms with Crippen LogP contribution < -0.4 is 0 Å². The number of carbonyl (C=O) groups is 1. The number of nitrogens with zero attached hydrogens (tertiary/aromatic N) is 4. The molecule has 3 heterocycles. The zero-order valence-corrected chi connectivity index (χ0v) is 11.2. The molecule has 0 saturated carbocycles. The molecule has 0 bridgehead atoms. The summed E-state index contributed by atoms with van der Waals surface area (Å²) in [5.74, 6) is 0. The average molecular weight is 291 g/mol. The van der Waals surface area contributed by atoms with Crippen molar-refractivity contribution in [2.45, 2.75) is 13.0 Å². The fourth-order valence-electron chi connectivity index (χ4n) is 2.31. The molecule has 2 aromatic rings. The maximum absolute atomic E-state index is 11.0. The number of hydrogen-bond acceptors (Lipinski definition) is 4. The van der Waals surface area contributed by atoms with Crippen molar-refractivity contribution >= 4 is 17.7 Å². The summed E-state index contributed by atoms with van der Waals surface area (Å²) in [5, 5.41) is 9.19. The molecule has 0 unspecified atom stereocenters. The molecule has 6 nitrogen and oxygen atoms in total. The number of amides is 1. The van der Waals surface area contributed by atoms with E-state index >= 15 is 0 Å². The molecule has 1 amide bonds. The maximum atomic E-state index is 11.0. The van der Waals surface area contributed by atoms with Gasteiger partial charge in [-0.05, 0) is 30.2 Å². The summed E-state index contributed by atoms with van der Waals surface area (Å²) in [4.78, 5) is 24.8. The minimum atomic E-state index is -0.948. The molecule has 7 heteroatoms. The molecular formula is C13H11ClN4O2. The molecule has 1 aliphatic heterocycles. The molecule has 1 N–H and O–H groups in total. The molecule has 0 aliphatic carbocycles. The van der Waals surface area contributed by atoms with E-state index in [9.17, 15) is 4.79 Å². The standard InChI is InChI=1S/C13H11ClN4O2/c14-12-16-10-7-18(13(19)20)6-3-9(10)11(17-12)8-1-4-15-5-2-8/h1-2,4-5H,3,6-7H2,(H,19,20). The van der Waals surface area contributed by atoms with Crippen molar-refractivity contribution in [2.24, 2.45) is 0 Å². The molecule has 0 radical (unpaired) electrons. The second kappa shape index (κ2) is 5.05. The quantitative estimate of drug-likeness (QED) is 0.815. The van der Waals surface area contributed by atoms with Crippen molar-refractivity contribution < 1.29 is 9.90 Å². The second-order valence-electron chi connectivity index (χ2n) is 4.46. The van der Waals surface area contributed by atoms with Crippen LogP contribution in [0.15, 0.2) is 24.5 Å². The normalized spacial score (nSPS) is 13.9. The summed E-state index contributed by atoms with van der Waals surface area (Å²) in [6.07, 6.45) is 3.00. The van der Waals surface area contributed by atoms with Crippen molar-refractivity contribution in [3.63, 3.8) is 0 Å². The summed E-state index contributed by atoms with van der Waals surface area (Å²) >= 11 is 5.96. The lowest BCUT2D eigenvalue weighted by Gasteiger charge is -2.26. The Balaban J connectivity index is 2.08. The number of hydrogen-bond donors (Lipinski definition) is 1. The fraction of sp³-hybridized carbons (Fsp3) is 0.231. The molecule has 1 aliphatic rings. The van der Waals surface area contributed by atoms with E-state index in [1.54, 1.807) is 12.4 Å². The SMILES string of the molecule is O=C(O)N1CCc2c(nc(Cl)nc2-c2ccncc2)C1. The number of halogens is 1. The number of rotatable bonds is 1. The molecule has 0 saturated heterocycles. The molecule has 0 aromatic carbocycles. The summed E-state index contributed by atoms with van der Waals surface area (Å²) in [6, 6.07) is 3.70. The van der Waals surface area contributed by atoms with Gasteiger partial charge in [0, 0.05) is 30.1 Å². The largest absolute Gasteiger partial charge is 0.465 e. The van der Waals surface area contributed by atoms with Crippen molar-refractivity contribution in [3.05, 3.63) is 41.1 Å². The van der Waals surface area contributed by atoms with Crippen molar-refractivity contribution in [3.8, 4) is 11.3 Å². The van der Waals surface area contributed by atoms with Crippen LogP contribution in [0.3, 0.4) is 0 Å². The van der Waals surface area contributed by atoms with Crippen LogP contribution in [0.5, 0.6) is 0 Å². The average Bonchev–Trinajstić information content (AvgIpc) is 2.46. The summed E-state index contributed by atoms with van der Waals surface area (Å²) in [5.41, 5.74) is 3.29. The Bertz CT molecular complexity index is 663. The third-order valence-electron chi connectivity index (χ3n) is 3.26. The third kappa shape index (κ3) is 2.30. The minimum Gasteiger partial charge on any atom is -0.465 e. The highest BCUT2D eigenvalue weighted by molar-refractivity contribution is 6.28. The second-order valence-corrected chi connectivity index (χ2v) is 4.79. The first-order valence-corrected chi connectivity index (χ1v) is 6.46. The van der Waals surface area contributed by atoms with Gasteiger partial charge in [-0.2, -0.15) is 0 Å². The number of pyridine rings is 1. The lowest BCUT2D eigenvalue weighted by molar-refractivity contribution is 0.139. The monoisotopic (exact) mass is 290 g/mol. The van der Waals surface area contributed by atoms with Gasteiger partial charge in [0.2, 0.25) is 5.28 Å². The van der Waals surface area contributed by atoms with Crippen molar-refractivity contribution in [1.29, 1.82) is 0 Å². The lowest BCUT2D eigenvalue weighted by atomic mass is 9.99. The van der Waals surface area contributed by atoms with Crippen LogP contribution in [0, 0.1) is 0 Å². The Labute approximate surface area is 120 Å². The van der Waals surface area contributed by atoms with Crippen LogP contribution in [-0.2, 0) is 13.0 Å². The van der Waals surface area contributed by atoms with Crippen LogP contribution in [0.4, 0.5) is 4.79 Å². The summed E-state index contributed by atoms with van der Waals surface area (Å²) in [6.45, 7) is 0.677. The maximum Gasteiger partial charge on any atom is 0.407 e. The van der Waals surface area contributed by atoms with E-state index in [1.807, 2.05) is 12.1 Å². The number of fused-ring (bicyclic) bond motifs is 1. The van der Waals surface area contributed by atoms with Gasteiger partial charge in [-0.1, -0.05) is 0 Å². The smallest absolute Gasteiger partial charge is 0.407 e. The fourth-order valence-corrected chi connectivity index (χ4v) is 2.50. The highest BCUT2D eigenvalue weighted by atomic mass is 35.5. The molecule has 0 fully saturated rings. The van der Waals surface area contributed by atoms with Gasteiger partial charge in [-0.15, -0.1) is 0 Å². The highest BCUT2D eigenvalue weighted by Gasteiger charge is 2.25. The predicted octanol–water partition coefficient (Wildman–Crippen LogP) is 2.23. The highest BCUT2D eigenvalue weighted by Crippen LogP contribution is 2.28. The molecular weight excluding hydrogens is 280 g/mol. The molecule has 102 valence electrons. The van der Waals surface area contributed by atoms with Gasteiger partial charge in [-0.25, -0.2) is 14.8 Å². The van der Waals surface area contributed by atoms with Crippen LogP contribution >= 0.6 is 11.6 Å². The van der Waals surface area contributed by atoms with Crippen molar-refractivity contribution in [1.82, 2.24) is 19.9 Å². The van der Waals surface area contributed by atoms with Crippen LogP contribution in [-0.4, -0.2) is 37.6 Å². The zero-order chi connectivity index (χ0) is 14.1. The van der Waals surface area contributed by atoms with E-state index in [-0.39, 0.29) is 11.8 Å². The molecule has 3 rings (SSSR count). The first-order valence-electron chi connectivity index (χ1n) is 6.08. The Kier molecular flexibility index (Phi) is 3.23. The van der Waals surface area contributed by atoms with Gasteiger partial charge in [0.15, 0.2) is 0 Å². The first kappa shape index (κ1) is 12.8. The molecule has 0 atom stereocenters. The van der Waals surface area contributed by atoms with Gasteiger partial charge in [-0.3, -0.25) is 4.98 Å². The Morgan fingerprint density at radius 2 is 2.05 bits per heavy atom. The van der Waals surface area contributed by atoms with Crippen molar-refractivity contribution in [2.75, 3.05) is 6.54 Å². The Morgan fingerprint density at radius 1 is 1.30 bits per heavy atom. The van der Waals surface area contributed by atoms with E-state index < -0.39 is 6.09 Å². The summed E-state index contributed by atoms with van der Waals surface area (Å²) < 4.78 is 0. The van der Waals surface area contributed by atoms with E-state index in [0.717, 1.165) is 16.8 Å². The van der Waals surface area contributed by atoms with Gasteiger partial charge in [0.05, 0.1) is 17.9 Å². The number of aromatic nitrogens is 3. The Hall–Kier alpha value is -2.21. The Morgan fingerprint density at radius 3 is 2.75 bits per heavy atom. The number of carboxylic acid groups (broad SMARTS) is 1. The van der Waals surface area contributed by atoms with Gasteiger partial charge >= 0.3 is 6.09 Å². The van der Waals surface area contributed by atoms with Crippen LogP contribution in [0.2, 0.25) is 5.28 Å². The van der Waals surface area contributed by atoms with E-state index in [0.29, 0.717) is 18.7 Å². The van der Waals surface area contributed by atoms with Crippen LogP contribution in [0.1, 0.15) is 11.3 Å². The van der Waals surface area contributed by atoms with Crippen LogP contribution in [0.25, 0.3) is 11.3 Å².